The van der Waals surface area contributed by atoms with Crippen molar-refractivity contribution < 1.29 is 18.0 Å². The predicted octanol–water partition coefficient (Wildman–Crippen LogP) is 3.55. The molecule has 140 valence electrons. The first kappa shape index (κ1) is 20.6. The number of alkyl halides is 3. The molecule has 0 saturated carbocycles. The molecule has 0 aliphatic carbocycles. The summed E-state index contributed by atoms with van der Waals surface area (Å²) in [5, 5.41) is 3.14. The van der Waals surface area contributed by atoms with E-state index in [2.05, 4.69) is 15.3 Å². The predicted molar refractivity (Wildman–Crippen MR) is 93.8 cm³/mol. The van der Waals surface area contributed by atoms with Gasteiger partial charge in [0.15, 0.2) is 10.9 Å². The summed E-state index contributed by atoms with van der Waals surface area (Å²) >= 11 is 12.6. The number of carbonyl (C=O) groups is 1. The Morgan fingerprint density at radius 3 is 2.73 bits per heavy atom. The number of hydrogen-bond acceptors (Lipinski definition) is 4. The quantitative estimate of drug-likeness (QED) is 0.548. The van der Waals surface area contributed by atoms with Crippen molar-refractivity contribution in [3.8, 4) is 0 Å². The number of rotatable bonds is 6. The summed E-state index contributed by atoms with van der Waals surface area (Å²) in [6, 6.07) is 5.51. The van der Waals surface area contributed by atoms with E-state index in [4.69, 9.17) is 23.2 Å². The zero-order valence-corrected chi connectivity index (χ0v) is 15.3. The van der Waals surface area contributed by atoms with Crippen LogP contribution in [0.5, 0.6) is 0 Å². The highest BCUT2D eigenvalue weighted by Gasteiger charge is 2.33. The number of thioether (sulfide) groups is 1. The van der Waals surface area contributed by atoms with E-state index in [0.717, 1.165) is 5.56 Å². The van der Waals surface area contributed by atoms with Gasteiger partial charge in [-0.1, -0.05) is 47.1 Å². The minimum Gasteiger partial charge on any atom is -0.355 e. The molecule has 0 fully saturated rings. The van der Waals surface area contributed by atoms with Crippen molar-refractivity contribution in [1.82, 2.24) is 15.3 Å². The fourth-order valence-corrected chi connectivity index (χ4v) is 3.03. The normalized spacial score (nSPS) is 11.4. The van der Waals surface area contributed by atoms with Crippen LogP contribution in [0.1, 0.15) is 11.3 Å². The Morgan fingerprint density at radius 1 is 1.31 bits per heavy atom. The van der Waals surface area contributed by atoms with Gasteiger partial charge in [-0.05, 0) is 18.1 Å². The molecule has 11 heteroatoms. The maximum absolute atomic E-state index is 12.6. The minimum atomic E-state index is -4.73. The van der Waals surface area contributed by atoms with Crippen LogP contribution >= 0.6 is 35.0 Å². The van der Waals surface area contributed by atoms with Gasteiger partial charge in [0.05, 0.1) is 15.8 Å². The molecule has 2 N–H and O–H groups in total. The summed E-state index contributed by atoms with van der Waals surface area (Å²) in [5.74, 6) is -0.624. The Kier molecular flexibility index (Phi) is 6.96. The number of H-pyrrole nitrogens is 1. The van der Waals surface area contributed by atoms with Gasteiger partial charge in [-0.2, -0.15) is 13.2 Å². The Hall–Kier alpha value is -1.71. The summed E-state index contributed by atoms with van der Waals surface area (Å²) in [7, 11) is 0. The lowest BCUT2D eigenvalue weighted by atomic mass is 10.1. The number of aromatic amines is 1. The third-order valence-corrected chi connectivity index (χ3v) is 4.83. The fourth-order valence-electron chi connectivity index (χ4n) is 1.91. The number of amides is 1. The summed E-state index contributed by atoms with van der Waals surface area (Å²) < 4.78 is 37.8. The molecule has 5 nitrogen and oxygen atoms in total. The van der Waals surface area contributed by atoms with Gasteiger partial charge in [-0.15, -0.1) is 0 Å². The first-order chi connectivity index (χ1) is 12.2. The van der Waals surface area contributed by atoms with E-state index >= 15 is 0 Å². The molecule has 1 heterocycles. The van der Waals surface area contributed by atoms with E-state index in [1.165, 1.54) is 0 Å². The Balaban J connectivity index is 1.86. The Morgan fingerprint density at radius 2 is 2.04 bits per heavy atom. The molecule has 2 rings (SSSR count). The smallest absolute Gasteiger partial charge is 0.355 e. The van der Waals surface area contributed by atoms with Crippen LogP contribution in [0.4, 0.5) is 13.2 Å². The molecule has 1 aromatic carbocycles. The van der Waals surface area contributed by atoms with Crippen LogP contribution in [0, 0.1) is 0 Å². The molecule has 0 spiro atoms. The standard InChI is InChI=1S/C15H12Cl2F3N3O2S/c16-9-3-1-2-8(13(9)17)4-5-21-12(25)7-26-14-22-10(15(18,19)20)6-11(24)23-14/h1-3,6H,4-5,7H2,(H,21,25)(H,22,23,24). The van der Waals surface area contributed by atoms with Crippen LogP contribution in [0.15, 0.2) is 34.2 Å². The molecule has 0 aliphatic rings. The molecule has 1 amide bonds. The zero-order chi connectivity index (χ0) is 19.3. The second-order valence-corrected chi connectivity index (χ2v) is 6.78. The van der Waals surface area contributed by atoms with E-state index in [1.807, 2.05) is 0 Å². The SMILES string of the molecule is O=C(CSc1nc(C(F)(F)F)cc(=O)[nH]1)NCCc1cccc(Cl)c1Cl. The number of aromatic nitrogens is 2. The molecule has 0 bridgehead atoms. The second-order valence-electron chi connectivity index (χ2n) is 5.04. The van der Waals surface area contributed by atoms with Crippen molar-refractivity contribution in [1.29, 1.82) is 0 Å². The number of hydrogen-bond donors (Lipinski definition) is 2. The number of benzene rings is 1. The molecular formula is C15H12Cl2F3N3O2S. The molecule has 0 saturated heterocycles. The summed E-state index contributed by atoms with van der Waals surface area (Å²) in [4.78, 5) is 28.5. The summed E-state index contributed by atoms with van der Waals surface area (Å²) in [6.45, 7) is 0.270. The van der Waals surface area contributed by atoms with Crippen molar-refractivity contribution in [3.63, 3.8) is 0 Å². The van der Waals surface area contributed by atoms with Gasteiger partial charge in [-0.3, -0.25) is 9.59 Å². The van der Waals surface area contributed by atoms with Crippen molar-refractivity contribution in [2.45, 2.75) is 17.8 Å². The zero-order valence-electron chi connectivity index (χ0n) is 13.0. The van der Waals surface area contributed by atoms with Gasteiger partial charge in [-0.25, -0.2) is 4.98 Å². The molecule has 26 heavy (non-hydrogen) atoms. The van der Waals surface area contributed by atoms with Crippen molar-refractivity contribution in [2.75, 3.05) is 12.3 Å². The van der Waals surface area contributed by atoms with E-state index in [9.17, 15) is 22.8 Å². The Labute approximate surface area is 160 Å². The van der Waals surface area contributed by atoms with Gasteiger partial charge in [0.1, 0.15) is 0 Å². The first-order valence-electron chi connectivity index (χ1n) is 7.18. The highest BCUT2D eigenvalue weighted by Crippen LogP contribution is 2.27. The fraction of sp³-hybridized carbons (Fsp3) is 0.267. The largest absolute Gasteiger partial charge is 0.433 e. The van der Waals surface area contributed by atoms with Gasteiger partial charge in [0.2, 0.25) is 5.91 Å². The van der Waals surface area contributed by atoms with Crippen molar-refractivity contribution in [3.05, 3.63) is 55.9 Å². The lowest BCUT2D eigenvalue weighted by Crippen LogP contribution is -2.27. The lowest BCUT2D eigenvalue weighted by molar-refractivity contribution is -0.141. The van der Waals surface area contributed by atoms with Gasteiger partial charge < -0.3 is 10.3 Å². The van der Waals surface area contributed by atoms with E-state index in [-0.39, 0.29) is 17.5 Å². The van der Waals surface area contributed by atoms with Crippen LogP contribution in [0.3, 0.4) is 0 Å². The molecule has 0 radical (unpaired) electrons. The van der Waals surface area contributed by atoms with Gasteiger partial charge in [0, 0.05) is 12.6 Å². The number of halogens is 5. The van der Waals surface area contributed by atoms with Crippen LogP contribution in [0.25, 0.3) is 0 Å². The van der Waals surface area contributed by atoms with Gasteiger partial charge in [0.25, 0.3) is 5.56 Å². The summed E-state index contributed by atoms with van der Waals surface area (Å²) in [6.07, 6.45) is -4.30. The highest BCUT2D eigenvalue weighted by atomic mass is 35.5. The molecular weight excluding hydrogens is 414 g/mol. The monoisotopic (exact) mass is 425 g/mol. The average Bonchev–Trinajstić information content (AvgIpc) is 2.55. The molecule has 0 atom stereocenters. The van der Waals surface area contributed by atoms with Gasteiger partial charge >= 0.3 is 6.18 Å². The van der Waals surface area contributed by atoms with Crippen molar-refractivity contribution >= 4 is 40.9 Å². The molecule has 0 aliphatic heterocycles. The number of nitrogens with one attached hydrogen (secondary N) is 2. The van der Waals surface area contributed by atoms with E-state index in [1.54, 1.807) is 18.2 Å². The molecule has 2 aromatic rings. The molecule has 0 unspecified atom stereocenters. The highest BCUT2D eigenvalue weighted by molar-refractivity contribution is 7.99. The minimum absolute atomic E-state index is 0.201. The van der Waals surface area contributed by atoms with Crippen LogP contribution in [-0.4, -0.2) is 28.2 Å². The van der Waals surface area contributed by atoms with Crippen molar-refractivity contribution in [2.24, 2.45) is 0 Å². The number of nitrogens with zero attached hydrogens (tertiary/aromatic N) is 1. The van der Waals surface area contributed by atoms with Crippen LogP contribution in [-0.2, 0) is 17.4 Å². The maximum Gasteiger partial charge on any atom is 0.433 e. The lowest BCUT2D eigenvalue weighted by Gasteiger charge is -2.08. The third-order valence-electron chi connectivity index (χ3n) is 3.10. The Bertz CT molecular complexity index is 859. The van der Waals surface area contributed by atoms with E-state index in [0.29, 0.717) is 34.3 Å². The topological polar surface area (TPSA) is 74.8 Å². The van der Waals surface area contributed by atoms with Crippen LogP contribution in [0.2, 0.25) is 10.0 Å². The first-order valence-corrected chi connectivity index (χ1v) is 8.92. The van der Waals surface area contributed by atoms with Crippen LogP contribution < -0.4 is 10.9 Å². The number of carbonyl (C=O) groups excluding carboxylic acids is 1. The summed E-state index contributed by atoms with van der Waals surface area (Å²) in [5.41, 5.74) is -1.48. The third kappa shape index (κ3) is 5.93. The maximum atomic E-state index is 12.6. The second kappa shape index (κ2) is 8.79. The average molecular weight is 426 g/mol. The van der Waals surface area contributed by atoms with E-state index < -0.39 is 23.3 Å². The molecule has 1 aromatic heterocycles.